The Kier molecular flexibility index (Phi) is 4.86. The lowest BCUT2D eigenvalue weighted by Crippen LogP contribution is -2.42. The van der Waals surface area contributed by atoms with Crippen LogP contribution >= 0.6 is 22.6 Å². The molecular weight excluding hydrogens is 339 g/mol. The summed E-state index contributed by atoms with van der Waals surface area (Å²) in [5.74, 6) is 0.666. The molecule has 1 atom stereocenters. The average Bonchev–Trinajstić information content (AvgIpc) is 2.41. The van der Waals surface area contributed by atoms with Crippen LogP contribution in [0.2, 0.25) is 0 Å². The molecule has 0 radical (unpaired) electrons. The first-order valence-electron chi connectivity index (χ1n) is 6.51. The van der Waals surface area contributed by atoms with Gasteiger partial charge in [0.2, 0.25) is 0 Å². The maximum Gasteiger partial charge on any atom is 0.321 e. The molecule has 4 heteroatoms. The second-order valence-corrected chi connectivity index (χ2v) is 5.93. The van der Waals surface area contributed by atoms with Crippen LogP contribution in [-0.4, -0.2) is 24.0 Å². The van der Waals surface area contributed by atoms with Crippen molar-refractivity contribution in [2.75, 3.05) is 18.4 Å². The van der Waals surface area contributed by atoms with E-state index >= 15 is 0 Å². The van der Waals surface area contributed by atoms with Crippen molar-refractivity contribution in [2.45, 2.75) is 26.2 Å². The van der Waals surface area contributed by atoms with E-state index in [1.165, 1.54) is 6.42 Å². The van der Waals surface area contributed by atoms with E-state index in [2.05, 4.69) is 34.8 Å². The number of para-hydroxylation sites is 1. The highest BCUT2D eigenvalue weighted by Crippen LogP contribution is 2.21. The van der Waals surface area contributed by atoms with E-state index < -0.39 is 0 Å². The minimum absolute atomic E-state index is 0.0391. The highest BCUT2D eigenvalue weighted by molar-refractivity contribution is 14.1. The van der Waals surface area contributed by atoms with Gasteiger partial charge in [0.25, 0.3) is 0 Å². The lowest BCUT2D eigenvalue weighted by molar-refractivity contribution is 0.176. The number of nitrogens with zero attached hydrogens (tertiary/aromatic N) is 1. The molecule has 1 saturated heterocycles. The van der Waals surface area contributed by atoms with Crippen LogP contribution in [0, 0.1) is 9.49 Å². The van der Waals surface area contributed by atoms with Crippen LogP contribution in [0.1, 0.15) is 26.2 Å². The van der Waals surface area contributed by atoms with Crippen LogP contribution in [0.4, 0.5) is 10.5 Å². The Morgan fingerprint density at radius 3 is 3.00 bits per heavy atom. The van der Waals surface area contributed by atoms with Gasteiger partial charge in [-0.15, -0.1) is 0 Å². The van der Waals surface area contributed by atoms with Gasteiger partial charge in [-0.3, -0.25) is 0 Å². The number of hydrogen-bond donors (Lipinski definition) is 1. The van der Waals surface area contributed by atoms with Crippen LogP contribution in [0.15, 0.2) is 24.3 Å². The number of carbonyl (C=O) groups is 1. The maximum atomic E-state index is 12.2. The third-order valence-corrected chi connectivity index (χ3v) is 4.44. The third-order valence-electron chi connectivity index (χ3n) is 3.50. The molecule has 3 nitrogen and oxygen atoms in total. The fraction of sp³-hybridized carbons (Fsp3) is 0.500. The number of nitrogens with one attached hydrogen (secondary N) is 1. The smallest absolute Gasteiger partial charge is 0.321 e. The maximum absolute atomic E-state index is 12.2. The number of hydrogen-bond acceptors (Lipinski definition) is 1. The number of halogens is 1. The fourth-order valence-electron chi connectivity index (χ4n) is 2.34. The normalized spacial score (nSPS) is 19.7. The van der Waals surface area contributed by atoms with E-state index in [1.807, 2.05) is 29.2 Å². The molecule has 0 aliphatic carbocycles. The van der Waals surface area contributed by atoms with Crippen molar-refractivity contribution < 1.29 is 4.79 Å². The van der Waals surface area contributed by atoms with Gasteiger partial charge in [-0.1, -0.05) is 25.5 Å². The number of rotatable bonds is 2. The summed E-state index contributed by atoms with van der Waals surface area (Å²) in [7, 11) is 0. The molecule has 0 spiro atoms. The quantitative estimate of drug-likeness (QED) is 0.798. The number of piperidine rings is 1. The summed E-state index contributed by atoms with van der Waals surface area (Å²) in [6, 6.07) is 7.91. The molecule has 1 aromatic carbocycles. The van der Waals surface area contributed by atoms with Crippen LogP contribution in [-0.2, 0) is 0 Å². The summed E-state index contributed by atoms with van der Waals surface area (Å²) in [5.41, 5.74) is 0.904. The molecule has 1 N–H and O–H groups in total. The van der Waals surface area contributed by atoms with Crippen molar-refractivity contribution in [3.05, 3.63) is 27.8 Å². The summed E-state index contributed by atoms with van der Waals surface area (Å²) in [6.45, 7) is 3.98. The van der Waals surface area contributed by atoms with E-state index in [1.54, 1.807) is 0 Å². The molecule has 0 aromatic heterocycles. The molecule has 18 heavy (non-hydrogen) atoms. The molecule has 1 aliphatic heterocycles. The van der Waals surface area contributed by atoms with Gasteiger partial charge in [0.05, 0.1) is 5.69 Å². The van der Waals surface area contributed by atoms with Gasteiger partial charge in [0.1, 0.15) is 0 Å². The first-order chi connectivity index (χ1) is 8.70. The molecule has 98 valence electrons. The van der Waals surface area contributed by atoms with Crippen LogP contribution in [0.5, 0.6) is 0 Å². The number of carbonyl (C=O) groups excluding carboxylic acids is 1. The molecule has 2 rings (SSSR count). The van der Waals surface area contributed by atoms with Crippen molar-refractivity contribution in [2.24, 2.45) is 5.92 Å². The Balaban J connectivity index is 1.97. The summed E-state index contributed by atoms with van der Waals surface area (Å²) in [6.07, 6.45) is 3.54. The van der Waals surface area contributed by atoms with Gasteiger partial charge in [-0.2, -0.15) is 0 Å². The highest BCUT2D eigenvalue weighted by atomic mass is 127. The van der Waals surface area contributed by atoms with E-state index in [-0.39, 0.29) is 6.03 Å². The lowest BCUT2D eigenvalue weighted by atomic mass is 9.96. The Morgan fingerprint density at radius 2 is 2.28 bits per heavy atom. The first-order valence-corrected chi connectivity index (χ1v) is 7.59. The molecule has 1 unspecified atom stereocenters. The molecule has 1 aromatic rings. The number of likely N-dealkylation sites (tertiary alicyclic amines) is 1. The summed E-state index contributed by atoms with van der Waals surface area (Å²) >= 11 is 2.24. The first kappa shape index (κ1) is 13.6. The third kappa shape index (κ3) is 3.37. The van der Waals surface area contributed by atoms with E-state index in [4.69, 9.17) is 0 Å². The van der Waals surface area contributed by atoms with E-state index in [9.17, 15) is 4.79 Å². The van der Waals surface area contributed by atoms with Gasteiger partial charge in [-0.25, -0.2) is 4.79 Å². The van der Waals surface area contributed by atoms with E-state index in [0.717, 1.165) is 35.2 Å². The predicted octanol–water partition coefficient (Wildman–Crippen LogP) is 3.95. The molecule has 1 heterocycles. The molecule has 0 bridgehead atoms. The standard InChI is InChI=1S/C14H19IN2O/c1-2-11-6-5-9-17(10-11)14(18)16-13-8-4-3-7-12(13)15/h3-4,7-8,11H,2,5-6,9-10H2,1H3,(H,16,18). The highest BCUT2D eigenvalue weighted by Gasteiger charge is 2.22. The molecule has 1 aliphatic rings. The minimum Gasteiger partial charge on any atom is -0.324 e. The average molecular weight is 358 g/mol. The number of urea groups is 1. The second kappa shape index (κ2) is 6.41. The van der Waals surface area contributed by atoms with Gasteiger partial charge >= 0.3 is 6.03 Å². The predicted molar refractivity (Wildman–Crippen MR) is 82.8 cm³/mol. The van der Waals surface area contributed by atoms with Crippen molar-refractivity contribution in [3.63, 3.8) is 0 Å². The molecular formula is C14H19IN2O. The largest absolute Gasteiger partial charge is 0.324 e. The van der Waals surface area contributed by atoms with Gasteiger partial charge in [0, 0.05) is 16.7 Å². The zero-order valence-electron chi connectivity index (χ0n) is 10.7. The van der Waals surface area contributed by atoms with Gasteiger partial charge in [0.15, 0.2) is 0 Å². The van der Waals surface area contributed by atoms with Crippen molar-refractivity contribution in [1.82, 2.24) is 4.90 Å². The fourth-order valence-corrected chi connectivity index (χ4v) is 2.86. The van der Waals surface area contributed by atoms with Gasteiger partial charge in [-0.05, 0) is 53.5 Å². The molecule has 2 amide bonds. The molecule has 1 fully saturated rings. The SMILES string of the molecule is CCC1CCCN(C(=O)Nc2ccccc2I)C1. The van der Waals surface area contributed by atoms with Crippen molar-refractivity contribution in [3.8, 4) is 0 Å². The van der Waals surface area contributed by atoms with Crippen LogP contribution in [0.25, 0.3) is 0 Å². The van der Waals surface area contributed by atoms with Gasteiger partial charge < -0.3 is 10.2 Å². The van der Waals surface area contributed by atoms with Crippen molar-refractivity contribution >= 4 is 34.3 Å². The number of amides is 2. The Hall–Kier alpha value is -0.780. The Bertz CT molecular complexity index is 422. The summed E-state index contributed by atoms with van der Waals surface area (Å²) < 4.78 is 1.08. The van der Waals surface area contributed by atoms with Crippen LogP contribution < -0.4 is 5.32 Å². The summed E-state index contributed by atoms with van der Waals surface area (Å²) in [4.78, 5) is 14.1. The Labute approximate surface area is 122 Å². The number of anilines is 1. The Morgan fingerprint density at radius 1 is 1.50 bits per heavy atom. The minimum atomic E-state index is 0.0391. The summed E-state index contributed by atoms with van der Waals surface area (Å²) in [5, 5.41) is 3.00. The lowest BCUT2D eigenvalue weighted by Gasteiger charge is -2.32. The number of benzene rings is 1. The second-order valence-electron chi connectivity index (χ2n) is 4.77. The molecule has 0 saturated carbocycles. The topological polar surface area (TPSA) is 32.3 Å². The van der Waals surface area contributed by atoms with Crippen molar-refractivity contribution in [1.29, 1.82) is 0 Å². The zero-order valence-corrected chi connectivity index (χ0v) is 12.8. The van der Waals surface area contributed by atoms with E-state index in [0.29, 0.717) is 5.92 Å². The monoisotopic (exact) mass is 358 g/mol. The van der Waals surface area contributed by atoms with Crippen LogP contribution in [0.3, 0.4) is 0 Å². The zero-order chi connectivity index (χ0) is 13.0.